The molecule has 0 aliphatic carbocycles. The van der Waals surface area contributed by atoms with Crippen LogP contribution in [-0.2, 0) is 0 Å². The van der Waals surface area contributed by atoms with Crippen molar-refractivity contribution in [2.45, 2.75) is 0 Å². The van der Waals surface area contributed by atoms with Crippen LogP contribution in [0.1, 0.15) is 0 Å². The predicted octanol–water partition coefficient (Wildman–Crippen LogP) is -0.602. The van der Waals surface area contributed by atoms with Crippen LogP contribution >= 0.6 is 0 Å². The third-order valence-electron chi connectivity index (χ3n) is 1.20. The summed E-state index contributed by atoms with van der Waals surface area (Å²) in [4.78, 5) is 0. The van der Waals surface area contributed by atoms with Crippen LogP contribution in [0.2, 0.25) is 0 Å². The average Bonchev–Trinajstić information content (AvgIpc) is 1.87. The van der Waals surface area contributed by atoms with E-state index in [4.69, 9.17) is 0 Å². The van der Waals surface area contributed by atoms with Crippen molar-refractivity contribution < 1.29 is 0 Å². The van der Waals surface area contributed by atoms with Crippen molar-refractivity contribution in [3.63, 3.8) is 0 Å². The Morgan fingerprint density at radius 1 is 1.14 bits per heavy atom. The SMILES string of the molecule is C[N]1CC[N](C)[Al+]1. The van der Waals surface area contributed by atoms with Gasteiger partial charge in [0.05, 0.1) is 0 Å². The van der Waals surface area contributed by atoms with Crippen molar-refractivity contribution in [2.24, 2.45) is 0 Å². The van der Waals surface area contributed by atoms with Gasteiger partial charge in [-0.2, -0.15) is 0 Å². The second-order valence-corrected chi connectivity index (χ2v) is 4.07. The fourth-order valence-corrected chi connectivity index (χ4v) is 1.90. The summed E-state index contributed by atoms with van der Waals surface area (Å²) in [5, 5.41) is 0. The van der Waals surface area contributed by atoms with E-state index in [9.17, 15) is 0 Å². The van der Waals surface area contributed by atoms with Gasteiger partial charge in [-0.05, 0) is 0 Å². The van der Waals surface area contributed by atoms with Crippen LogP contribution < -0.4 is 0 Å². The van der Waals surface area contributed by atoms with Crippen LogP contribution in [-0.4, -0.2) is 50.6 Å². The van der Waals surface area contributed by atoms with Gasteiger partial charge in [0.2, 0.25) is 0 Å². The fraction of sp³-hybridized carbons (Fsp3) is 1.00. The van der Waals surface area contributed by atoms with E-state index in [2.05, 4.69) is 21.9 Å². The normalized spacial score (nSPS) is 24.3. The molecule has 3 heteroatoms. The number of nitrogens with zero attached hydrogens (tertiary/aromatic N) is 2. The van der Waals surface area contributed by atoms with Gasteiger partial charge in [-0.3, -0.25) is 0 Å². The molecule has 0 radical (unpaired) electrons. The van der Waals surface area contributed by atoms with E-state index >= 15 is 0 Å². The summed E-state index contributed by atoms with van der Waals surface area (Å²) in [6.07, 6.45) is 0. The summed E-state index contributed by atoms with van der Waals surface area (Å²) >= 11 is 0.491. The summed E-state index contributed by atoms with van der Waals surface area (Å²) in [6.45, 7) is 2.54. The standard InChI is InChI=1S/C4H10N2.Al/c1-5-3-4-6-2;/h3-4H2,1-2H3;/q-2;+3. The molecule has 0 atom stereocenters. The molecule has 2 nitrogen and oxygen atoms in total. The van der Waals surface area contributed by atoms with Gasteiger partial charge < -0.3 is 0 Å². The van der Waals surface area contributed by atoms with E-state index in [0.717, 1.165) is 0 Å². The van der Waals surface area contributed by atoms with E-state index in [-0.39, 0.29) is 0 Å². The molecule has 1 aliphatic heterocycles. The second kappa shape index (κ2) is 2.15. The molecule has 1 aliphatic rings. The number of likely N-dealkylation sites (N-methyl/N-ethyl adjacent to an activating group) is 2. The number of hydrogen-bond donors (Lipinski definition) is 0. The van der Waals surface area contributed by atoms with E-state index in [1.165, 1.54) is 13.1 Å². The van der Waals surface area contributed by atoms with Crippen molar-refractivity contribution >= 4 is 15.7 Å². The van der Waals surface area contributed by atoms with E-state index in [0.29, 0.717) is 15.7 Å². The summed E-state index contributed by atoms with van der Waals surface area (Å²) in [6, 6.07) is 0. The fourth-order valence-electron chi connectivity index (χ4n) is 0.767. The van der Waals surface area contributed by atoms with Crippen molar-refractivity contribution in [1.29, 1.82) is 0 Å². The first kappa shape index (κ1) is 5.59. The topological polar surface area (TPSA) is 6.48 Å². The maximum absolute atomic E-state index is 2.39. The van der Waals surface area contributed by atoms with Gasteiger partial charge in [0.25, 0.3) is 0 Å². The van der Waals surface area contributed by atoms with Gasteiger partial charge in [-0.25, -0.2) is 0 Å². The third-order valence-corrected chi connectivity index (χ3v) is 2.50. The van der Waals surface area contributed by atoms with Crippen LogP contribution in [0.5, 0.6) is 0 Å². The summed E-state index contributed by atoms with van der Waals surface area (Å²) in [5.41, 5.74) is 0. The number of hydrogen-bond acceptors (Lipinski definition) is 2. The Morgan fingerprint density at radius 3 is 1.71 bits per heavy atom. The van der Waals surface area contributed by atoms with Gasteiger partial charge in [-0.1, -0.05) is 0 Å². The molecule has 1 rings (SSSR count). The molecule has 38 valence electrons. The van der Waals surface area contributed by atoms with Crippen molar-refractivity contribution in [3.05, 3.63) is 0 Å². The Hall–Kier alpha value is 0.452. The molecule has 0 unspecified atom stereocenters. The Labute approximate surface area is 51.2 Å². The summed E-state index contributed by atoms with van der Waals surface area (Å²) in [7, 11) is 4.36. The molecule has 7 heavy (non-hydrogen) atoms. The first-order chi connectivity index (χ1) is 3.29. The maximum atomic E-state index is 2.39. The Morgan fingerprint density at radius 2 is 1.57 bits per heavy atom. The second-order valence-electron chi connectivity index (χ2n) is 2.08. The van der Waals surface area contributed by atoms with Gasteiger partial charge in [0.1, 0.15) is 0 Å². The zero-order valence-corrected chi connectivity index (χ0v) is 6.04. The Bertz CT molecular complexity index is 58.7. The van der Waals surface area contributed by atoms with Crippen LogP contribution in [0.25, 0.3) is 0 Å². The summed E-state index contributed by atoms with van der Waals surface area (Å²) < 4.78 is 4.78. The quantitative estimate of drug-likeness (QED) is 0.387. The van der Waals surface area contributed by atoms with Crippen molar-refractivity contribution in [1.82, 2.24) is 7.77 Å². The molecule has 0 saturated carbocycles. The molecule has 1 heterocycles. The zero-order valence-electron chi connectivity index (χ0n) is 4.89. The van der Waals surface area contributed by atoms with E-state index in [1.54, 1.807) is 0 Å². The Balaban J connectivity index is 2.26. The molecule has 0 N–H and O–H groups in total. The molecular formula is C4H10AlN2+. The minimum absolute atomic E-state index is 0.491. The molecule has 0 aromatic heterocycles. The minimum atomic E-state index is 0.491. The zero-order chi connectivity index (χ0) is 5.28. The van der Waals surface area contributed by atoms with Crippen LogP contribution in [0.4, 0.5) is 0 Å². The molecule has 0 spiro atoms. The third kappa shape index (κ3) is 1.43. The molecule has 0 aromatic rings. The predicted molar refractivity (Wildman–Crippen MR) is 31.0 cm³/mol. The van der Waals surface area contributed by atoms with Gasteiger partial charge >= 0.3 is 50.6 Å². The van der Waals surface area contributed by atoms with Crippen molar-refractivity contribution in [2.75, 3.05) is 27.2 Å². The summed E-state index contributed by atoms with van der Waals surface area (Å²) in [5.74, 6) is 0. The first-order valence-corrected chi connectivity index (χ1v) is 3.58. The van der Waals surface area contributed by atoms with Gasteiger partial charge in [0.15, 0.2) is 0 Å². The van der Waals surface area contributed by atoms with Crippen LogP contribution in [0.3, 0.4) is 0 Å². The van der Waals surface area contributed by atoms with E-state index in [1.807, 2.05) is 0 Å². The van der Waals surface area contributed by atoms with Gasteiger partial charge in [0, 0.05) is 0 Å². The Kier molecular flexibility index (Phi) is 1.71. The molecule has 1 saturated heterocycles. The molecule has 0 amide bonds. The van der Waals surface area contributed by atoms with Gasteiger partial charge in [-0.15, -0.1) is 0 Å². The monoisotopic (exact) mass is 113 g/mol. The first-order valence-electron chi connectivity index (χ1n) is 2.54. The number of rotatable bonds is 0. The van der Waals surface area contributed by atoms with E-state index < -0.39 is 0 Å². The van der Waals surface area contributed by atoms with Crippen LogP contribution in [0.15, 0.2) is 0 Å². The van der Waals surface area contributed by atoms with Crippen LogP contribution in [0, 0.1) is 0 Å². The molecular weight excluding hydrogens is 103 g/mol. The van der Waals surface area contributed by atoms with Crippen molar-refractivity contribution in [3.8, 4) is 0 Å². The molecule has 1 fully saturated rings. The average molecular weight is 113 g/mol. The molecule has 0 aromatic carbocycles. The molecule has 0 bridgehead atoms.